The molecule has 55 heavy (non-hydrogen) atoms. The zero-order valence-corrected chi connectivity index (χ0v) is 39.2. The van der Waals surface area contributed by atoms with Gasteiger partial charge in [-0.2, -0.15) is 0 Å². The SMILES string of the molecule is CC(C)(C)c1cc(C(C)(C)C)cc([Si](C2=C(Cc3ccccc3)C=CC2)(c2cc(C(C)(C)C)cc(C(C)(C)C)c2)c2cc(C(C)(C)C)cc(C(C)(C)C)c2)c1. The van der Waals surface area contributed by atoms with Crippen LogP contribution in [0.1, 0.15) is 170 Å². The highest BCUT2D eigenvalue weighted by Gasteiger charge is 2.47. The molecule has 0 saturated heterocycles. The van der Waals surface area contributed by atoms with Crippen molar-refractivity contribution in [3.63, 3.8) is 0 Å². The highest BCUT2D eigenvalue weighted by molar-refractivity contribution is 7.16. The van der Waals surface area contributed by atoms with Crippen molar-refractivity contribution in [2.45, 2.75) is 170 Å². The summed E-state index contributed by atoms with van der Waals surface area (Å²) in [6.07, 6.45) is 6.86. The van der Waals surface area contributed by atoms with E-state index in [1.807, 2.05) is 0 Å². The smallest absolute Gasteiger partial charge is 0.0805 e. The fourth-order valence-corrected chi connectivity index (χ4v) is 13.4. The van der Waals surface area contributed by atoms with Gasteiger partial charge in [0.25, 0.3) is 0 Å². The highest BCUT2D eigenvalue weighted by Crippen LogP contribution is 2.38. The van der Waals surface area contributed by atoms with Gasteiger partial charge in [0.05, 0.1) is 0 Å². The van der Waals surface area contributed by atoms with E-state index < -0.39 is 8.07 Å². The predicted octanol–water partition coefficient (Wildman–Crippen LogP) is 13.0. The third-order valence-electron chi connectivity index (χ3n) is 12.0. The van der Waals surface area contributed by atoms with Gasteiger partial charge < -0.3 is 0 Å². The lowest BCUT2D eigenvalue weighted by Gasteiger charge is -2.41. The first kappa shape index (κ1) is 42.7. The van der Waals surface area contributed by atoms with E-state index in [-0.39, 0.29) is 32.5 Å². The van der Waals surface area contributed by atoms with Crippen molar-refractivity contribution in [3.05, 3.63) is 147 Å². The van der Waals surface area contributed by atoms with Crippen LogP contribution in [0.15, 0.2) is 108 Å². The summed E-state index contributed by atoms with van der Waals surface area (Å²) in [4.78, 5) is 0. The summed E-state index contributed by atoms with van der Waals surface area (Å²) in [6, 6.07) is 34.7. The molecule has 0 atom stereocenters. The normalized spacial score (nSPS) is 14.9. The second-order valence-electron chi connectivity index (χ2n) is 22.9. The molecule has 0 aromatic heterocycles. The number of rotatable bonds is 6. The van der Waals surface area contributed by atoms with Gasteiger partial charge in [-0.3, -0.25) is 0 Å². The fourth-order valence-electron chi connectivity index (χ4n) is 8.08. The van der Waals surface area contributed by atoms with E-state index in [4.69, 9.17) is 0 Å². The van der Waals surface area contributed by atoms with E-state index in [2.05, 4.69) is 222 Å². The minimum Gasteiger partial charge on any atom is -0.0805 e. The molecule has 1 aliphatic rings. The maximum atomic E-state index is 2.66. The first-order valence-electron chi connectivity index (χ1n) is 20.9. The predicted molar refractivity (Wildman–Crippen MR) is 247 cm³/mol. The molecular formula is C54H74Si. The van der Waals surface area contributed by atoms with Crippen molar-refractivity contribution in [2.75, 3.05) is 0 Å². The molecule has 0 radical (unpaired) electrons. The zero-order valence-electron chi connectivity index (χ0n) is 38.2. The van der Waals surface area contributed by atoms with Gasteiger partial charge in [0, 0.05) is 0 Å². The van der Waals surface area contributed by atoms with Gasteiger partial charge in [-0.25, -0.2) is 0 Å². The highest BCUT2D eigenvalue weighted by atomic mass is 28.3. The Balaban J connectivity index is 2.17. The molecule has 0 fully saturated rings. The fraction of sp³-hybridized carbons (Fsp3) is 0.481. The lowest BCUT2D eigenvalue weighted by Crippen LogP contribution is -2.69. The molecule has 0 spiro atoms. The van der Waals surface area contributed by atoms with Crippen LogP contribution < -0.4 is 15.6 Å². The molecule has 0 N–H and O–H groups in total. The first-order valence-corrected chi connectivity index (χ1v) is 22.9. The number of allylic oxidation sites excluding steroid dienone is 4. The monoisotopic (exact) mass is 751 g/mol. The van der Waals surface area contributed by atoms with Gasteiger partial charge in [0.15, 0.2) is 8.07 Å². The Morgan fingerprint density at radius 1 is 0.400 bits per heavy atom. The average molecular weight is 751 g/mol. The minimum atomic E-state index is -3.05. The van der Waals surface area contributed by atoms with Crippen LogP contribution >= 0.6 is 0 Å². The standard InChI is InChI=1S/C54H74Si/c1-49(2,3)39-28-40(50(4,5)6)32-45(31-39)55(48-26-22-25-38(48)27-37-23-20-19-21-24-37,46-33-41(51(7,8)9)29-42(34-46)52(10,11)12)47-35-43(53(13,14)15)30-44(36-47)54(16,17)18/h19-25,28-36H,26-27H2,1-18H3. The largest absolute Gasteiger partial charge is 0.176 e. The molecule has 294 valence electrons. The molecule has 5 rings (SSSR count). The molecule has 1 heteroatoms. The molecule has 0 aliphatic heterocycles. The first-order chi connectivity index (χ1) is 25.0. The van der Waals surface area contributed by atoms with Gasteiger partial charge in [-0.15, -0.1) is 0 Å². The van der Waals surface area contributed by atoms with Crippen molar-refractivity contribution in [3.8, 4) is 0 Å². The molecule has 0 saturated carbocycles. The van der Waals surface area contributed by atoms with Crippen LogP contribution in [0.5, 0.6) is 0 Å². The third kappa shape index (κ3) is 9.09. The minimum absolute atomic E-state index is 0.0149. The molecule has 0 unspecified atom stereocenters. The second kappa shape index (κ2) is 14.5. The van der Waals surface area contributed by atoms with Crippen molar-refractivity contribution < 1.29 is 0 Å². The van der Waals surface area contributed by atoms with Crippen LogP contribution in [0, 0.1) is 0 Å². The summed E-state index contributed by atoms with van der Waals surface area (Å²) < 4.78 is 0. The molecule has 4 aromatic carbocycles. The molecule has 4 aromatic rings. The summed E-state index contributed by atoms with van der Waals surface area (Å²) in [5, 5.41) is 6.20. The third-order valence-corrected chi connectivity index (χ3v) is 16.9. The van der Waals surface area contributed by atoms with Crippen LogP contribution in [0.25, 0.3) is 0 Å². The van der Waals surface area contributed by atoms with Gasteiger partial charge in [0.1, 0.15) is 0 Å². The quantitative estimate of drug-likeness (QED) is 0.136. The van der Waals surface area contributed by atoms with Crippen molar-refractivity contribution in [1.82, 2.24) is 0 Å². The van der Waals surface area contributed by atoms with Gasteiger partial charge in [-0.05, 0) is 105 Å². The Kier molecular flexibility index (Phi) is 11.3. The molecule has 0 heterocycles. The van der Waals surface area contributed by atoms with Crippen molar-refractivity contribution in [2.24, 2.45) is 0 Å². The summed E-state index contributed by atoms with van der Waals surface area (Å²) in [5.41, 5.74) is 11.3. The van der Waals surface area contributed by atoms with E-state index in [0.29, 0.717) is 0 Å². The molecule has 0 nitrogen and oxygen atoms in total. The Morgan fingerprint density at radius 3 is 0.964 bits per heavy atom. The topological polar surface area (TPSA) is 0 Å². The van der Waals surface area contributed by atoms with E-state index in [1.165, 1.54) is 60.1 Å². The Bertz CT molecular complexity index is 1800. The number of hydrogen-bond donors (Lipinski definition) is 0. The van der Waals surface area contributed by atoms with Gasteiger partial charge >= 0.3 is 0 Å². The molecular weight excluding hydrogens is 677 g/mol. The van der Waals surface area contributed by atoms with Crippen LogP contribution in [-0.4, -0.2) is 8.07 Å². The van der Waals surface area contributed by atoms with E-state index >= 15 is 0 Å². The average Bonchev–Trinajstić information content (AvgIpc) is 3.51. The zero-order chi connectivity index (χ0) is 41.2. The van der Waals surface area contributed by atoms with E-state index in [1.54, 1.807) is 5.20 Å². The summed E-state index contributed by atoms with van der Waals surface area (Å²) >= 11 is 0. The maximum Gasteiger partial charge on any atom is 0.176 e. The summed E-state index contributed by atoms with van der Waals surface area (Å²) in [5.74, 6) is 0. The van der Waals surface area contributed by atoms with E-state index in [9.17, 15) is 0 Å². The molecule has 0 bridgehead atoms. The Labute approximate surface area is 339 Å². The Morgan fingerprint density at radius 2 is 0.691 bits per heavy atom. The van der Waals surface area contributed by atoms with Crippen molar-refractivity contribution in [1.29, 1.82) is 0 Å². The summed E-state index contributed by atoms with van der Waals surface area (Å²) in [7, 11) is -3.05. The lowest BCUT2D eigenvalue weighted by molar-refractivity contribution is 0.569. The number of hydrogen-bond acceptors (Lipinski definition) is 0. The Hall–Kier alpha value is -3.42. The van der Waals surface area contributed by atoms with Gasteiger partial charge in [0.2, 0.25) is 0 Å². The maximum absolute atomic E-state index is 3.05. The number of benzene rings is 4. The van der Waals surface area contributed by atoms with Crippen LogP contribution in [0.3, 0.4) is 0 Å². The summed E-state index contributed by atoms with van der Waals surface area (Å²) in [6.45, 7) is 43.2. The molecule has 1 aliphatic carbocycles. The lowest BCUT2D eigenvalue weighted by atomic mass is 9.80. The second-order valence-corrected chi connectivity index (χ2v) is 26.8. The van der Waals surface area contributed by atoms with Crippen molar-refractivity contribution >= 4 is 23.6 Å². The van der Waals surface area contributed by atoms with Crippen LogP contribution in [-0.2, 0) is 38.9 Å². The van der Waals surface area contributed by atoms with Gasteiger partial charge in [-0.1, -0.05) is 227 Å². The van der Waals surface area contributed by atoms with Crippen LogP contribution in [0.2, 0.25) is 0 Å². The molecule has 0 amide bonds. The van der Waals surface area contributed by atoms with Crippen LogP contribution in [0.4, 0.5) is 0 Å². The van der Waals surface area contributed by atoms with E-state index in [0.717, 1.165) is 12.8 Å².